The summed E-state index contributed by atoms with van der Waals surface area (Å²) < 4.78 is 0. The molecule has 0 atom stereocenters. The van der Waals surface area contributed by atoms with Gasteiger partial charge in [0.25, 0.3) is 5.91 Å². The molecule has 2 amide bonds. The van der Waals surface area contributed by atoms with Crippen molar-refractivity contribution in [3.8, 4) is 0 Å². The number of benzene rings is 2. The highest BCUT2D eigenvalue weighted by atomic mass is 32.1. The third-order valence-corrected chi connectivity index (χ3v) is 4.44. The van der Waals surface area contributed by atoms with E-state index in [1.807, 2.05) is 44.2 Å². The monoisotopic (exact) mass is 411 g/mol. The highest BCUT2D eigenvalue weighted by Crippen LogP contribution is 2.23. The SMILES string of the molecule is CC(C)CC(=O)NC(=S)Nc1cccc(NC(=O)c2ccc(C(C)(C)C)cc2)c1. The largest absolute Gasteiger partial charge is 0.332 e. The molecule has 2 aromatic carbocycles. The van der Waals surface area contributed by atoms with Crippen LogP contribution in [0.15, 0.2) is 48.5 Å². The van der Waals surface area contributed by atoms with Crippen LogP contribution in [0, 0.1) is 5.92 Å². The van der Waals surface area contributed by atoms with Gasteiger partial charge < -0.3 is 16.0 Å². The highest BCUT2D eigenvalue weighted by Gasteiger charge is 2.14. The Hall–Kier alpha value is -2.73. The van der Waals surface area contributed by atoms with Crippen molar-refractivity contribution in [2.45, 2.75) is 46.5 Å². The molecule has 2 rings (SSSR count). The predicted octanol–water partition coefficient (Wildman–Crippen LogP) is 5.10. The van der Waals surface area contributed by atoms with Crippen LogP contribution in [0.25, 0.3) is 0 Å². The summed E-state index contributed by atoms with van der Waals surface area (Å²) in [4.78, 5) is 24.4. The summed E-state index contributed by atoms with van der Waals surface area (Å²) in [5.41, 5.74) is 3.12. The fraction of sp³-hybridized carbons (Fsp3) is 0.348. The lowest BCUT2D eigenvalue weighted by Gasteiger charge is -2.19. The molecule has 0 aromatic heterocycles. The van der Waals surface area contributed by atoms with Gasteiger partial charge in [-0.15, -0.1) is 0 Å². The molecule has 5 nitrogen and oxygen atoms in total. The van der Waals surface area contributed by atoms with Crippen molar-refractivity contribution in [3.63, 3.8) is 0 Å². The van der Waals surface area contributed by atoms with Crippen LogP contribution < -0.4 is 16.0 Å². The molecule has 2 aromatic rings. The van der Waals surface area contributed by atoms with Gasteiger partial charge in [-0.05, 0) is 59.4 Å². The Labute approximate surface area is 178 Å². The average Bonchev–Trinajstić information content (AvgIpc) is 2.60. The van der Waals surface area contributed by atoms with Gasteiger partial charge in [0.05, 0.1) is 0 Å². The van der Waals surface area contributed by atoms with Crippen molar-refractivity contribution in [3.05, 3.63) is 59.7 Å². The van der Waals surface area contributed by atoms with Crippen molar-refractivity contribution in [2.75, 3.05) is 10.6 Å². The lowest BCUT2D eigenvalue weighted by atomic mass is 9.87. The zero-order valence-corrected chi connectivity index (χ0v) is 18.4. The van der Waals surface area contributed by atoms with Crippen molar-refractivity contribution in [2.24, 2.45) is 5.92 Å². The van der Waals surface area contributed by atoms with Gasteiger partial charge in [-0.1, -0.05) is 52.8 Å². The first-order valence-corrected chi connectivity index (χ1v) is 10.1. The maximum atomic E-state index is 12.5. The minimum atomic E-state index is -0.185. The fourth-order valence-corrected chi connectivity index (χ4v) is 2.94. The van der Waals surface area contributed by atoms with Crippen LogP contribution in [0.4, 0.5) is 11.4 Å². The molecule has 0 fully saturated rings. The summed E-state index contributed by atoms with van der Waals surface area (Å²) >= 11 is 5.18. The standard InChI is InChI=1S/C23H29N3O2S/c1-15(2)13-20(27)26-22(29)25-19-8-6-7-18(14-19)24-21(28)16-9-11-17(12-10-16)23(3,4)5/h6-12,14-15H,13H2,1-5H3,(H,24,28)(H2,25,26,27,29). The number of anilines is 2. The number of amides is 2. The van der Waals surface area contributed by atoms with E-state index in [0.717, 1.165) is 0 Å². The van der Waals surface area contributed by atoms with E-state index in [1.54, 1.807) is 18.2 Å². The Morgan fingerprint density at radius 1 is 0.966 bits per heavy atom. The van der Waals surface area contributed by atoms with E-state index in [2.05, 4.69) is 36.7 Å². The highest BCUT2D eigenvalue weighted by molar-refractivity contribution is 7.80. The maximum Gasteiger partial charge on any atom is 0.255 e. The fourth-order valence-electron chi connectivity index (χ4n) is 2.71. The lowest BCUT2D eigenvalue weighted by Crippen LogP contribution is -2.34. The van der Waals surface area contributed by atoms with Gasteiger partial charge in [0.1, 0.15) is 0 Å². The van der Waals surface area contributed by atoms with Crippen LogP contribution in [0.1, 0.15) is 57.0 Å². The molecule has 0 radical (unpaired) electrons. The topological polar surface area (TPSA) is 70.2 Å². The van der Waals surface area contributed by atoms with Gasteiger partial charge in [0.15, 0.2) is 5.11 Å². The second-order valence-corrected chi connectivity index (χ2v) is 8.87. The van der Waals surface area contributed by atoms with Crippen LogP contribution in [-0.4, -0.2) is 16.9 Å². The number of thiocarbonyl (C=S) groups is 1. The zero-order valence-electron chi connectivity index (χ0n) is 17.6. The summed E-state index contributed by atoms with van der Waals surface area (Å²) in [7, 11) is 0. The predicted molar refractivity (Wildman–Crippen MR) is 123 cm³/mol. The molecule has 3 N–H and O–H groups in total. The Kier molecular flexibility index (Phi) is 7.51. The molecule has 6 heteroatoms. The first-order chi connectivity index (χ1) is 13.5. The van der Waals surface area contributed by atoms with Crippen LogP contribution in [0.3, 0.4) is 0 Å². The van der Waals surface area contributed by atoms with Crippen molar-refractivity contribution >= 4 is 40.5 Å². The van der Waals surface area contributed by atoms with E-state index in [4.69, 9.17) is 12.2 Å². The molecule has 0 aliphatic carbocycles. The third kappa shape index (κ3) is 7.31. The van der Waals surface area contributed by atoms with Gasteiger partial charge >= 0.3 is 0 Å². The molecule has 0 unspecified atom stereocenters. The van der Waals surface area contributed by atoms with Crippen LogP contribution in [0.5, 0.6) is 0 Å². The number of nitrogens with one attached hydrogen (secondary N) is 3. The molecule has 0 heterocycles. The second kappa shape index (κ2) is 9.65. The summed E-state index contributed by atoms with van der Waals surface area (Å²) in [6.07, 6.45) is 0.409. The Morgan fingerprint density at radius 3 is 2.10 bits per heavy atom. The quantitative estimate of drug-likeness (QED) is 0.599. The van der Waals surface area contributed by atoms with Crippen molar-refractivity contribution < 1.29 is 9.59 Å². The average molecular weight is 412 g/mol. The van der Waals surface area contributed by atoms with E-state index in [0.29, 0.717) is 23.4 Å². The van der Waals surface area contributed by atoms with E-state index in [-0.39, 0.29) is 28.3 Å². The molecule has 0 aliphatic rings. The first kappa shape index (κ1) is 22.6. The van der Waals surface area contributed by atoms with Crippen LogP contribution in [-0.2, 0) is 10.2 Å². The number of carbonyl (C=O) groups excluding carboxylic acids is 2. The van der Waals surface area contributed by atoms with Gasteiger partial charge in [0, 0.05) is 23.4 Å². The minimum absolute atomic E-state index is 0.0397. The van der Waals surface area contributed by atoms with Gasteiger partial charge in [-0.3, -0.25) is 9.59 Å². The van der Waals surface area contributed by atoms with Gasteiger partial charge in [-0.2, -0.15) is 0 Å². The minimum Gasteiger partial charge on any atom is -0.332 e. The van der Waals surface area contributed by atoms with Crippen LogP contribution >= 0.6 is 12.2 Å². The van der Waals surface area contributed by atoms with Gasteiger partial charge in [-0.25, -0.2) is 0 Å². The van der Waals surface area contributed by atoms with E-state index in [1.165, 1.54) is 5.56 Å². The number of hydrogen-bond acceptors (Lipinski definition) is 3. The maximum absolute atomic E-state index is 12.5. The number of carbonyl (C=O) groups is 2. The summed E-state index contributed by atoms with van der Waals surface area (Å²) in [6, 6.07) is 14.8. The summed E-state index contributed by atoms with van der Waals surface area (Å²) in [5, 5.41) is 8.75. The van der Waals surface area contributed by atoms with Gasteiger partial charge in [0.2, 0.25) is 5.91 Å². The number of rotatable bonds is 5. The smallest absolute Gasteiger partial charge is 0.255 e. The molecule has 0 aliphatic heterocycles. The van der Waals surface area contributed by atoms with E-state index < -0.39 is 0 Å². The molecule has 154 valence electrons. The van der Waals surface area contributed by atoms with Crippen molar-refractivity contribution in [1.29, 1.82) is 0 Å². The van der Waals surface area contributed by atoms with E-state index >= 15 is 0 Å². The van der Waals surface area contributed by atoms with Crippen LogP contribution in [0.2, 0.25) is 0 Å². The summed E-state index contributed by atoms with van der Waals surface area (Å²) in [5.74, 6) is -0.0510. The molecule has 0 saturated carbocycles. The second-order valence-electron chi connectivity index (χ2n) is 8.46. The normalized spacial score (nSPS) is 11.1. The Bertz CT molecular complexity index is 884. The molecule has 0 spiro atoms. The lowest BCUT2D eigenvalue weighted by molar-refractivity contribution is -0.120. The third-order valence-electron chi connectivity index (χ3n) is 4.24. The zero-order chi connectivity index (χ0) is 21.6. The van der Waals surface area contributed by atoms with E-state index in [9.17, 15) is 9.59 Å². The summed E-state index contributed by atoms with van der Waals surface area (Å²) in [6.45, 7) is 10.3. The molecule has 0 saturated heterocycles. The Balaban J connectivity index is 1.99. The molecule has 29 heavy (non-hydrogen) atoms. The first-order valence-electron chi connectivity index (χ1n) is 9.67. The Morgan fingerprint density at radius 2 is 1.55 bits per heavy atom. The molecular formula is C23H29N3O2S. The molecular weight excluding hydrogens is 382 g/mol. The van der Waals surface area contributed by atoms with Crippen molar-refractivity contribution in [1.82, 2.24) is 5.32 Å². The molecule has 0 bridgehead atoms. The number of hydrogen-bond donors (Lipinski definition) is 3.